The van der Waals surface area contributed by atoms with E-state index in [4.69, 9.17) is 0 Å². The highest BCUT2D eigenvalue weighted by Gasteiger charge is 2.00. The summed E-state index contributed by atoms with van der Waals surface area (Å²) in [6.45, 7) is 0. The Morgan fingerprint density at radius 1 is 1.82 bits per heavy atom. The van der Waals surface area contributed by atoms with Crippen molar-refractivity contribution in [2.45, 2.75) is 6.16 Å². The average Bonchev–Trinajstić information content (AvgIpc) is 2.47. The second-order valence-corrected chi connectivity index (χ2v) is 3.94. The van der Waals surface area contributed by atoms with Gasteiger partial charge >= 0.3 is 0 Å². The molecule has 0 radical (unpaired) electrons. The Morgan fingerprint density at radius 3 is 3.27 bits per heavy atom. The Labute approximate surface area is 71.8 Å². The standard InChI is InChI=1S/C7H10NOPS/c1-8-7-6(2-3-11-7)4-10-5-9/h2-3,5,8,10H,4H2,1H3. The molecule has 4 heteroatoms. The van der Waals surface area contributed by atoms with Crippen LogP contribution >= 0.6 is 19.9 Å². The predicted octanol–water partition coefficient (Wildman–Crippen LogP) is 2.16. The van der Waals surface area contributed by atoms with Gasteiger partial charge in [-0.05, 0) is 31.8 Å². The zero-order valence-corrected chi connectivity index (χ0v) is 8.07. The highest BCUT2D eigenvalue weighted by atomic mass is 32.1. The molecule has 0 fully saturated rings. The zero-order chi connectivity index (χ0) is 8.10. The SMILES string of the molecule is CNc1sccc1CPC=O. The summed E-state index contributed by atoms with van der Waals surface area (Å²) in [6, 6.07) is 3.05. The molecule has 60 valence electrons. The third-order valence-electron chi connectivity index (χ3n) is 1.35. The summed E-state index contributed by atoms with van der Waals surface area (Å²) in [5.41, 5.74) is 1.25. The fourth-order valence-corrected chi connectivity index (χ4v) is 2.35. The van der Waals surface area contributed by atoms with E-state index in [9.17, 15) is 4.79 Å². The van der Waals surface area contributed by atoms with Crippen LogP contribution in [0.15, 0.2) is 11.4 Å². The average molecular weight is 187 g/mol. The number of thiophene rings is 1. The number of hydrogen-bond acceptors (Lipinski definition) is 3. The fourth-order valence-electron chi connectivity index (χ4n) is 0.846. The molecule has 0 spiro atoms. The van der Waals surface area contributed by atoms with Crippen LogP contribution in [0.5, 0.6) is 0 Å². The Morgan fingerprint density at radius 2 is 2.64 bits per heavy atom. The molecule has 0 saturated heterocycles. The first kappa shape index (κ1) is 8.69. The van der Waals surface area contributed by atoms with Gasteiger partial charge in [0.05, 0.1) is 5.00 Å². The topological polar surface area (TPSA) is 29.1 Å². The largest absolute Gasteiger partial charge is 0.380 e. The first-order valence-corrected chi connectivity index (χ1v) is 5.46. The molecule has 0 aliphatic carbocycles. The summed E-state index contributed by atoms with van der Waals surface area (Å²) < 4.78 is 0. The second-order valence-electron chi connectivity index (χ2n) is 2.02. The first-order chi connectivity index (χ1) is 5.38. The molecule has 1 N–H and O–H groups in total. The van der Waals surface area contributed by atoms with Crippen LogP contribution in [-0.4, -0.2) is 13.1 Å². The maximum absolute atomic E-state index is 10.1. The quantitative estimate of drug-likeness (QED) is 0.578. The monoisotopic (exact) mass is 187 g/mol. The van der Waals surface area contributed by atoms with Crippen molar-refractivity contribution >= 4 is 30.9 Å². The summed E-state index contributed by atoms with van der Waals surface area (Å²) in [5.74, 6) is 0. The molecule has 0 saturated carbocycles. The molecule has 1 heterocycles. The highest BCUT2D eigenvalue weighted by Crippen LogP contribution is 2.27. The highest BCUT2D eigenvalue weighted by molar-refractivity contribution is 7.54. The van der Waals surface area contributed by atoms with Gasteiger partial charge in [-0.15, -0.1) is 11.3 Å². The lowest BCUT2D eigenvalue weighted by Gasteiger charge is -1.98. The van der Waals surface area contributed by atoms with Crippen molar-refractivity contribution in [2.75, 3.05) is 12.4 Å². The lowest BCUT2D eigenvalue weighted by atomic mass is 10.4. The van der Waals surface area contributed by atoms with E-state index in [1.807, 2.05) is 12.4 Å². The molecule has 0 aromatic carbocycles. The molecular weight excluding hydrogens is 177 g/mol. The van der Waals surface area contributed by atoms with E-state index in [1.165, 1.54) is 10.6 Å². The molecule has 0 amide bonds. The van der Waals surface area contributed by atoms with Crippen molar-refractivity contribution in [1.82, 2.24) is 0 Å². The Hall–Kier alpha value is -0.400. The van der Waals surface area contributed by atoms with Crippen LogP contribution in [0.25, 0.3) is 0 Å². The van der Waals surface area contributed by atoms with Gasteiger partial charge in [-0.2, -0.15) is 0 Å². The number of anilines is 1. The zero-order valence-electron chi connectivity index (χ0n) is 6.26. The van der Waals surface area contributed by atoms with Crippen LogP contribution in [0.4, 0.5) is 5.00 Å². The molecule has 11 heavy (non-hydrogen) atoms. The summed E-state index contributed by atoms with van der Waals surface area (Å²) in [6.07, 6.45) is 0.878. The molecule has 1 aromatic heterocycles. The van der Waals surface area contributed by atoms with Crippen LogP contribution in [0.2, 0.25) is 0 Å². The van der Waals surface area contributed by atoms with Crippen molar-refractivity contribution in [3.8, 4) is 0 Å². The van der Waals surface area contributed by atoms with E-state index in [2.05, 4.69) is 11.4 Å². The van der Waals surface area contributed by atoms with Gasteiger partial charge in [-0.1, -0.05) is 0 Å². The fraction of sp³-hybridized carbons (Fsp3) is 0.286. The van der Waals surface area contributed by atoms with Crippen molar-refractivity contribution in [3.05, 3.63) is 17.0 Å². The van der Waals surface area contributed by atoms with Gasteiger partial charge in [0.25, 0.3) is 0 Å². The van der Waals surface area contributed by atoms with Crippen molar-refractivity contribution in [1.29, 1.82) is 0 Å². The van der Waals surface area contributed by atoms with Crippen molar-refractivity contribution in [2.24, 2.45) is 0 Å². The molecule has 1 aromatic rings. The van der Waals surface area contributed by atoms with E-state index < -0.39 is 0 Å². The van der Waals surface area contributed by atoms with Crippen LogP contribution < -0.4 is 5.32 Å². The van der Waals surface area contributed by atoms with E-state index in [-0.39, 0.29) is 0 Å². The minimum atomic E-state index is 0.395. The number of carbonyl (C=O) groups is 1. The van der Waals surface area contributed by atoms with Crippen LogP contribution in [0.1, 0.15) is 5.56 Å². The number of nitrogens with one attached hydrogen (secondary N) is 1. The van der Waals surface area contributed by atoms with Crippen LogP contribution in [-0.2, 0) is 11.0 Å². The smallest absolute Gasteiger partial charge is 0.139 e. The summed E-state index contributed by atoms with van der Waals surface area (Å²) in [4.78, 5) is 10.1. The molecule has 0 aliphatic rings. The molecule has 1 atom stereocenters. The molecular formula is C7H10NOPS. The summed E-state index contributed by atoms with van der Waals surface area (Å²) >= 11 is 1.68. The van der Waals surface area contributed by atoms with Gasteiger partial charge in [-0.25, -0.2) is 0 Å². The molecule has 1 unspecified atom stereocenters. The Balaban J connectivity index is 2.60. The van der Waals surface area contributed by atoms with Gasteiger partial charge in [0.15, 0.2) is 0 Å². The maximum Gasteiger partial charge on any atom is 0.139 e. The number of hydrogen-bond donors (Lipinski definition) is 1. The minimum absolute atomic E-state index is 0.395. The van der Waals surface area contributed by atoms with E-state index in [0.717, 1.165) is 12.2 Å². The second kappa shape index (κ2) is 4.47. The maximum atomic E-state index is 10.1. The van der Waals surface area contributed by atoms with Gasteiger partial charge in [-0.3, -0.25) is 4.79 Å². The van der Waals surface area contributed by atoms with Crippen molar-refractivity contribution in [3.63, 3.8) is 0 Å². The Kier molecular flexibility index (Phi) is 3.53. The van der Waals surface area contributed by atoms with Gasteiger partial charge in [0, 0.05) is 7.05 Å². The summed E-state index contributed by atoms with van der Waals surface area (Å²) in [7, 11) is 2.30. The molecule has 0 aliphatic heterocycles. The molecule has 2 nitrogen and oxygen atoms in total. The van der Waals surface area contributed by atoms with E-state index in [0.29, 0.717) is 8.58 Å². The van der Waals surface area contributed by atoms with Gasteiger partial charge in [0.1, 0.15) is 6.03 Å². The predicted molar refractivity (Wildman–Crippen MR) is 52.6 cm³/mol. The lowest BCUT2D eigenvalue weighted by Crippen LogP contribution is -1.87. The molecule has 0 bridgehead atoms. The van der Waals surface area contributed by atoms with Crippen molar-refractivity contribution < 1.29 is 4.79 Å². The van der Waals surface area contributed by atoms with Crippen LogP contribution in [0.3, 0.4) is 0 Å². The third kappa shape index (κ3) is 2.28. The number of rotatable bonds is 4. The van der Waals surface area contributed by atoms with Gasteiger partial charge < -0.3 is 5.32 Å². The van der Waals surface area contributed by atoms with E-state index in [1.54, 1.807) is 11.3 Å². The lowest BCUT2D eigenvalue weighted by molar-refractivity contribution is 0.569. The number of carbonyl (C=O) groups excluding carboxylic acids is 1. The molecule has 1 rings (SSSR count). The Bertz CT molecular complexity index is 236. The normalized spacial score (nSPS) is 10.6. The van der Waals surface area contributed by atoms with E-state index >= 15 is 0 Å². The first-order valence-electron chi connectivity index (χ1n) is 3.29. The van der Waals surface area contributed by atoms with Crippen LogP contribution in [0, 0.1) is 0 Å². The minimum Gasteiger partial charge on any atom is -0.380 e. The van der Waals surface area contributed by atoms with Gasteiger partial charge in [0.2, 0.25) is 0 Å². The summed E-state index contributed by atoms with van der Waals surface area (Å²) in [5, 5.41) is 6.31. The third-order valence-corrected chi connectivity index (χ3v) is 3.08.